The van der Waals surface area contributed by atoms with Gasteiger partial charge in [-0.2, -0.15) is 0 Å². The largest absolute Gasteiger partial charge is 0.493 e. The molecule has 1 atom stereocenters. The van der Waals surface area contributed by atoms with E-state index in [0.29, 0.717) is 6.61 Å². The zero-order valence-corrected chi connectivity index (χ0v) is 12.4. The molecular formula is C14H22BrNO2. The predicted octanol–water partition coefficient (Wildman–Crippen LogP) is 3.40. The third-order valence-corrected chi connectivity index (χ3v) is 3.27. The topological polar surface area (TPSA) is 55.5 Å². The maximum atomic E-state index is 8.67. The number of unbranched alkanes of at least 4 members (excludes halogenated alkanes) is 3. The first-order chi connectivity index (χ1) is 8.65. The van der Waals surface area contributed by atoms with Gasteiger partial charge in [-0.15, -0.1) is 0 Å². The zero-order valence-electron chi connectivity index (χ0n) is 10.9. The highest BCUT2D eigenvalue weighted by atomic mass is 79.9. The van der Waals surface area contributed by atoms with Crippen LogP contribution >= 0.6 is 15.9 Å². The van der Waals surface area contributed by atoms with Crippen LogP contribution in [-0.2, 0) is 0 Å². The Morgan fingerprint density at radius 1 is 1.28 bits per heavy atom. The average molecular weight is 316 g/mol. The van der Waals surface area contributed by atoms with Gasteiger partial charge in [0, 0.05) is 22.7 Å². The molecule has 0 aliphatic carbocycles. The SMILES string of the molecule is CC(N)c1cc(Br)ccc1OCCCCCCO. The van der Waals surface area contributed by atoms with Crippen molar-refractivity contribution in [1.82, 2.24) is 0 Å². The number of aliphatic hydroxyl groups is 1. The number of rotatable bonds is 8. The van der Waals surface area contributed by atoms with E-state index in [-0.39, 0.29) is 12.6 Å². The normalized spacial score (nSPS) is 12.4. The van der Waals surface area contributed by atoms with Crippen LogP contribution in [0.2, 0.25) is 0 Å². The summed E-state index contributed by atoms with van der Waals surface area (Å²) < 4.78 is 6.79. The lowest BCUT2D eigenvalue weighted by Crippen LogP contribution is -2.08. The van der Waals surface area contributed by atoms with Gasteiger partial charge in [0.05, 0.1) is 6.61 Å². The number of hydrogen-bond acceptors (Lipinski definition) is 3. The summed E-state index contributed by atoms with van der Waals surface area (Å²) in [5.74, 6) is 0.871. The number of halogens is 1. The molecule has 3 N–H and O–H groups in total. The van der Waals surface area contributed by atoms with Gasteiger partial charge in [-0.05, 0) is 44.4 Å². The fourth-order valence-corrected chi connectivity index (χ4v) is 2.13. The Balaban J connectivity index is 2.42. The lowest BCUT2D eigenvalue weighted by molar-refractivity contribution is 0.272. The minimum Gasteiger partial charge on any atom is -0.493 e. The summed E-state index contributed by atoms with van der Waals surface area (Å²) in [5, 5.41) is 8.67. The lowest BCUT2D eigenvalue weighted by Gasteiger charge is -2.14. The molecule has 1 unspecified atom stereocenters. The molecule has 0 saturated heterocycles. The molecular weight excluding hydrogens is 294 g/mol. The quantitative estimate of drug-likeness (QED) is 0.723. The van der Waals surface area contributed by atoms with Gasteiger partial charge in [0.1, 0.15) is 5.75 Å². The van der Waals surface area contributed by atoms with Crippen molar-refractivity contribution in [3.8, 4) is 5.75 Å². The molecule has 0 aromatic heterocycles. The predicted molar refractivity (Wildman–Crippen MR) is 77.8 cm³/mol. The Labute approximate surface area is 117 Å². The first kappa shape index (κ1) is 15.5. The Kier molecular flexibility index (Phi) is 7.32. The molecule has 0 fully saturated rings. The van der Waals surface area contributed by atoms with Crippen molar-refractivity contribution >= 4 is 15.9 Å². The molecule has 102 valence electrons. The van der Waals surface area contributed by atoms with Crippen molar-refractivity contribution in [2.24, 2.45) is 5.73 Å². The fraction of sp³-hybridized carbons (Fsp3) is 0.571. The molecule has 0 radical (unpaired) electrons. The number of nitrogens with two attached hydrogens (primary N) is 1. The zero-order chi connectivity index (χ0) is 13.4. The van der Waals surface area contributed by atoms with E-state index in [1.54, 1.807) is 0 Å². The molecule has 1 aromatic carbocycles. The Morgan fingerprint density at radius 3 is 2.67 bits per heavy atom. The maximum absolute atomic E-state index is 8.67. The minimum atomic E-state index is -0.0353. The van der Waals surface area contributed by atoms with E-state index in [9.17, 15) is 0 Å². The number of hydrogen-bond donors (Lipinski definition) is 2. The van der Waals surface area contributed by atoms with Crippen molar-refractivity contribution < 1.29 is 9.84 Å². The average Bonchev–Trinajstić information content (AvgIpc) is 2.35. The first-order valence-electron chi connectivity index (χ1n) is 6.44. The summed E-state index contributed by atoms with van der Waals surface area (Å²) in [7, 11) is 0. The summed E-state index contributed by atoms with van der Waals surface area (Å²) in [6, 6.07) is 5.89. The van der Waals surface area contributed by atoms with E-state index in [4.69, 9.17) is 15.6 Å². The molecule has 0 aliphatic heterocycles. The third kappa shape index (κ3) is 5.38. The van der Waals surface area contributed by atoms with E-state index in [1.165, 1.54) is 0 Å². The van der Waals surface area contributed by atoms with E-state index in [0.717, 1.165) is 41.5 Å². The highest BCUT2D eigenvalue weighted by molar-refractivity contribution is 9.10. The third-order valence-electron chi connectivity index (χ3n) is 2.77. The molecule has 3 nitrogen and oxygen atoms in total. The molecule has 1 rings (SSSR count). The minimum absolute atomic E-state index is 0.0353. The summed E-state index contributed by atoms with van der Waals surface area (Å²) in [6.45, 7) is 2.94. The second-order valence-electron chi connectivity index (χ2n) is 4.46. The highest BCUT2D eigenvalue weighted by Gasteiger charge is 2.08. The molecule has 4 heteroatoms. The van der Waals surface area contributed by atoms with Gasteiger partial charge in [0.15, 0.2) is 0 Å². The van der Waals surface area contributed by atoms with E-state index >= 15 is 0 Å². The lowest BCUT2D eigenvalue weighted by atomic mass is 10.1. The number of benzene rings is 1. The monoisotopic (exact) mass is 315 g/mol. The van der Waals surface area contributed by atoms with E-state index in [1.807, 2.05) is 25.1 Å². The Morgan fingerprint density at radius 2 is 2.00 bits per heavy atom. The summed E-state index contributed by atoms with van der Waals surface area (Å²) in [4.78, 5) is 0. The van der Waals surface area contributed by atoms with E-state index < -0.39 is 0 Å². The van der Waals surface area contributed by atoms with Crippen LogP contribution < -0.4 is 10.5 Å². The molecule has 0 aliphatic rings. The number of aliphatic hydroxyl groups excluding tert-OH is 1. The summed E-state index contributed by atoms with van der Waals surface area (Å²) >= 11 is 3.44. The molecule has 18 heavy (non-hydrogen) atoms. The smallest absolute Gasteiger partial charge is 0.124 e. The Bertz CT molecular complexity index is 356. The second-order valence-corrected chi connectivity index (χ2v) is 5.37. The maximum Gasteiger partial charge on any atom is 0.124 e. The standard InChI is InChI=1S/C14H22BrNO2/c1-11(16)13-10-12(15)6-7-14(13)18-9-5-3-2-4-8-17/h6-7,10-11,17H,2-5,8-9,16H2,1H3. The van der Waals surface area contributed by atoms with Crippen LogP contribution in [-0.4, -0.2) is 18.3 Å². The van der Waals surface area contributed by atoms with Crippen LogP contribution in [0.1, 0.15) is 44.2 Å². The Hall–Kier alpha value is -0.580. The summed E-state index contributed by atoms with van der Waals surface area (Å²) in [6.07, 6.45) is 4.03. The van der Waals surface area contributed by atoms with Crippen LogP contribution in [0, 0.1) is 0 Å². The van der Waals surface area contributed by atoms with Crippen molar-refractivity contribution in [2.45, 2.75) is 38.6 Å². The van der Waals surface area contributed by atoms with Crippen LogP contribution in [0.4, 0.5) is 0 Å². The van der Waals surface area contributed by atoms with Crippen molar-refractivity contribution in [1.29, 1.82) is 0 Å². The first-order valence-corrected chi connectivity index (χ1v) is 7.23. The van der Waals surface area contributed by atoms with Gasteiger partial charge < -0.3 is 15.6 Å². The highest BCUT2D eigenvalue weighted by Crippen LogP contribution is 2.27. The molecule has 0 bridgehead atoms. The second kappa shape index (κ2) is 8.51. The van der Waals surface area contributed by atoms with Crippen LogP contribution in [0.3, 0.4) is 0 Å². The molecule has 0 amide bonds. The van der Waals surface area contributed by atoms with Gasteiger partial charge in [-0.25, -0.2) is 0 Å². The molecule has 0 heterocycles. The van der Waals surface area contributed by atoms with E-state index in [2.05, 4.69) is 15.9 Å². The summed E-state index contributed by atoms with van der Waals surface area (Å²) in [5.41, 5.74) is 6.95. The molecule has 1 aromatic rings. The van der Waals surface area contributed by atoms with Gasteiger partial charge in [-0.3, -0.25) is 0 Å². The van der Waals surface area contributed by atoms with Gasteiger partial charge in [0.25, 0.3) is 0 Å². The molecule has 0 saturated carbocycles. The van der Waals surface area contributed by atoms with Crippen molar-refractivity contribution in [3.05, 3.63) is 28.2 Å². The van der Waals surface area contributed by atoms with Crippen LogP contribution in [0.25, 0.3) is 0 Å². The van der Waals surface area contributed by atoms with Crippen molar-refractivity contribution in [2.75, 3.05) is 13.2 Å². The van der Waals surface area contributed by atoms with Crippen molar-refractivity contribution in [3.63, 3.8) is 0 Å². The fourth-order valence-electron chi connectivity index (χ4n) is 1.76. The van der Waals surface area contributed by atoms with Gasteiger partial charge >= 0.3 is 0 Å². The van der Waals surface area contributed by atoms with Gasteiger partial charge in [-0.1, -0.05) is 22.4 Å². The number of ether oxygens (including phenoxy) is 1. The van der Waals surface area contributed by atoms with Crippen LogP contribution in [0.5, 0.6) is 5.75 Å². The van der Waals surface area contributed by atoms with Gasteiger partial charge in [0.2, 0.25) is 0 Å². The van der Waals surface area contributed by atoms with Crippen LogP contribution in [0.15, 0.2) is 22.7 Å². The molecule has 0 spiro atoms.